The highest BCUT2D eigenvalue weighted by atomic mass is 32.2. The van der Waals surface area contributed by atoms with Crippen LogP contribution in [0.1, 0.15) is 38.5 Å². The molecule has 0 unspecified atom stereocenters. The summed E-state index contributed by atoms with van der Waals surface area (Å²) in [6, 6.07) is 5.17. The summed E-state index contributed by atoms with van der Waals surface area (Å²) < 4.78 is 35.9. The van der Waals surface area contributed by atoms with Crippen molar-refractivity contribution in [3.63, 3.8) is 0 Å². The van der Waals surface area contributed by atoms with E-state index < -0.39 is 10.1 Å². The molecule has 0 aromatic heterocycles. The fourth-order valence-electron chi connectivity index (χ4n) is 2.39. The van der Waals surface area contributed by atoms with Gasteiger partial charge in [-0.25, -0.2) is 0 Å². The summed E-state index contributed by atoms with van der Waals surface area (Å²) in [6.07, 6.45) is 6.10. The number of hydrogen-bond acceptors (Lipinski definition) is 4. The Morgan fingerprint density at radius 1 is 1.05 bits per heavy atom. The first-order valence-corrected chi connectivity index (χ1v) is 8.20. The molecule has 0 saturated heterocycles. The topological polar surface area (TPSA) is 80.7 Å². The minimum atomic E-state index is -4.21. The lowest BCUT2D eigenvalue weighted by molar-refractivity contribution is -0.139. The van der Waals surface area contributed by atoms with E-state index >= 15 is 0 Å². The molecule has 1 fully saturated rings. The molecule has 0 heterocycles. The van der Waals surface area contributed by atoms with E-state index in [0.29, 0.717) is 5.75 Å². The van der Waals surface area contributed by atoms with Crippen molar-refractivity contribution in [3.05, 3.63) is 24.3 Å². The normalized spacial score (nSPS) is 17.4. The fraction of sp³-hybridized carbons (Fsp3) is 0.500. The van der Waals surface area contributed by atoms with Crippen molar-refractivity contribution < 1.29 is 22.5 Å². The Hall–Kier alpha value is -1.40. The number of hydrogen-bond donors (Lipinski definition) is 1. The Morgan fingerprint density at radius 2 is 1.60 bits per heavy atom. The average molecular weight is 298 g/mol. The molecule has 2 rings (SSSR count). The lowest BCUT2D eigenvalue weighted by atomic mass is 10.0. The van der Waals surface area contributed by atoms with Crippen molar-refractivity contribution in [1.29, 1.82) is 0 Å². The van der Waals surface area contributed by atoms with E-state index in [0.717, 1.165) is 38.5 Å². The Balaban J connectivity index is 2.00. The first-order valence-electron chi connectivity index (χ1n) is 6.76. The molecule has 20 heavy (non-hydrogen) atoms. The van der Waals surface area contributed by atoms with E-state index in [9.17, 15) is 13.2 Å². The first kappa shape index (κ1) is 15.0. The van der Waals surface area contributed by atoms with E-state index in [4.69, 9.17) is 9.29 Å². The molecule has 0 bridgehead atoms. The summed E-state index contributed by atoms with van der Waals surface area (Å²) in [5.74, 6) is -0.0306. The van der Waals surface area contributed by atoms with Crippen LogP contribution in [-0.2, 0) is 14.9 Å². The molecule has 6 heteroatoms. The van der Waals surface area contributed by atoms with Crippen LogP contribution in [0, 0.1) is 5.92 Å². The molecule has 0 amide bonds. The van der Waals surface area contributed by atoms with Crippen LogP contribution in [0.25, 0.3) is 0 Å². The molecule has 1 aromatic carbocycles. The van der Waals surface area contributed by atoms with Gasteiger partial charge >= 0.3 is 5.97 Å². The quantitative estimate of drug-likeness (QED) is 0.401. The minimum absolute atomic E-state index is 0.0706. The summed E-state index contributed by atoms with van der Waals surface area (Å²) in [5.41, 5.74) is 0. The highest BCUT2D eigenvalue weighted by Gasteiger charge is 2.22. The third-order valence-corrected chi connectivity index (χ3v) is 4.40. The van der Waals surface area contributed by atoms with Gasteiger partial charge in [0.25, 0.3) is 10.1 Å². The van der Waals surface area contributed by atoms with E-state index in [1.54, 1.807) is 0 Å². The van der Waals surface area contributed by atoms with Crippen LogP contribution in [-0.4, -0.2) is 18.9 Å². The van der Waals surface area contributed by atoms with Crippen molar-refractivity contribution in [2.45, 2.75) is 43.4 Å². The Kier molecular flexibility index (Phi) is 4.77. The third kappa shape index (κ3) is 4.05. The van der Waals surface area contributed by atoms with E-state index in [-0.39, 0.29) is 16.8 Å². The van der Waals surface area contributed by atoms with Gasteiger partial charge in [0.15, 0.2) is 0 Å². The van der Waals surface area contributed by atoms with Crippen LogP contribution in [0.15, 0.2) is 29.2 Å². The standard InChI is InChI=1S/C14H18O5S/c15-14(11-5-3-1-2-4-6-11)19-12-7-9-13(10-8-12)20(16,17)18/h7-11H,1-6H2,(H,16,17,18). The van der Waals surface area contributed by atoms with Crippen LogP contribution in [0.5, 0.6) is 5.75 Å². The van der Waals surface area contributed by atoms with E-state index in [1.807, 2.05) is 0 Å². The lowest BCUT2D eigenvalue weighted by Gasteiger charge is -2.13. The fourth-order valence-corrected chi connectivity index (χ4v) is 2.87. The van der Waals surface area contributed by atoms with Crippen molar-refractivity contribution in [2.24, 2.45) is 5.92 Å². The van der Waals surface area contributed by atoms with Crippen LogP contribution < -0.4 is 4.74 Å². The number of benzene rings is 1. The number of rotatable bonds is 3. The Morgan fingerprint density at radius 3 is 2.10 bits per heavy atom. The van der Waals surface area contributed by atoms with Gasteiger partial charge < -0.3 is 4.74 Å². The largest absolute Gasteiger partial charge is 0.426 e. The summed E-state index contributed by atoms with van der Waals surface area (Å²) in [7, 11) is -4.21. The molecule has 0 spiro atoms. The molecule has 1 aromatic rings. The van der Waals surface area contributed by atoms with Crippen molar-refractivity contribution in [1.82, 2.24) is 0 Å². The molecule has 0 radical (unpaired) electrons. The molecular formula is C14H18O5S. The van der Waals surface area contributed by atoms with Gasteiger partial charge in [-0.05, 0) is 37.1 Å². The average Bonchev–Trinajstić information content (AvgIpc) is 2.67. The highest BCUT2D eigenvalue weighted by Crippen LogP contribution is 2.25. The molecule has 5 nitrogen and oxygen atoms in total. The molecular weight excluding hydrogens is 280 g/mol. The smallest absolute Gasteiger partial charge is 0.314 e. The number of ether oxygens (including phenoxy) is 1. The van der Waals surface area contributed by atoms with Crippen LogP contribution in [0.3, 0.4) is 0 Å². The zero-order valence-corrected chi connectivity index (χ0v) is 11.9. The SMILES string of the molecule is O=C(Oc1ccc(S(=O)(=O)O)cc1)C1CCCCCC1. The summed E-state index contributed by atoms with van der Waals surface area (Å²) >= 11 is 0. The van der Waals surface area contributed by atoms with Gasteiger partial charge in [0.1, 0.15) is 5.75 Å². The van der Waals surface area contributed by atoms with Crippen molar-refractivity contribution in [3.8, 4) is 5.75 Å². The molecule has 1 N–H and O–H groups in total. The van der Waals surface area contributed by atoms with Gasteiger partial charge in [-0.2, -0.15) is 8.42 Å². The van der Waals surface area contributed by atoms with Gasteiger partial charge in [-0.15, -0.1) is 0 Å². The zero-order chi connectivity index (χ0) is 14.6. The summed E-state index contributed by atoms with van der Waals surface area (Å²) in [6.45, 7) is 0. The summed E-state index contributed by atoms with van der Waals surface area (Å²) in [5, 5.41) is 0. The number of carbonyl (C=O) groups excluding carboxylic acids is 1. The monoisotopic (exact) mass is 298 g/mol. The Bertz CT molecular complexity index is 554. The third-order valence-electron chi connectivity index (χ3n) is 3.53. The van der Waals surface area contributed by atoms with Crippen molar-refractivity contribution >= 4 is 16.1 Å². The van der Waals surface area contributed by atoms with Crippen LogP contribution in [0.4, 0.5) is 0 Å². The van der Waals surface area contributed by atoms with Crippen molar-refractivity contribution in [2.75, 3.05) is 0 Å². The maximum atomic E-state index is 12.0. The molecule has 0 aliphatic heterocycles. The van der Waals surface area contributed by atoms with Gasteiger partial charge in [0, 0.05) is 0 Å². The van der Waals surface area contributed by atoms with Gasteiger partial charge in [-0.1, -0.05) is 25.7 Å². The molecule has 1 aliphatic rings. The minimum Gasteiger partial charge on any atom is -0.426 e. The predicted octanol–water partition coefficient (Wildman–Crippen LogP) is 2.81. The second-order valence-corrected chi connectivity index (χ2v) is 6.48. The number of esters is 1. The first-order chi connectivity index (χ1) is 9.47. The van der Waals surface area contributed by atoms with Gasteiger partial charge in [-0.3, -0.25) is 9.35 Å². The summed E-state index contributed by atoms with van der Waals surface area (Å²) in [4.78, 5) is 11.8. The second kappa shape index (κ2) is 6.37. The zero-order valence-electron chi connectivity index (χ0n) is 11.1. The van der Waals surface area contributed by atoms with E-state index in [2.05, 4.69) is 0 Å². The van der Waals surface area contributed by atoms with Gasteiger partial charge in [0.05, 0.1) is 10.8 Å². The maximum absolute atomic E-state index is 12.0. The van der Waals surface area contributed by atoms with E-state index in [1.165, 1.54) is 24.3 Å². The predicted molar refractivity (Wildman–Crippen MR) is 73.1 cm³/mol. The molecule has 0 atom stereocenters. The maximum Gasteiger partial charge on any atom is 0.314 e. The molecule has 1 aliphatic carbocycles. The highest BCUT2D eigenvalue weighted by molar-refractivity contribution is 7.85. The second-order valence-electron chi connectivity index (χ2n) is 5.06. The van der Waals surface area contributed by atoms with Crippen LogP contribution >= 0.6 is 0 Å². The Labute approximate surface area is 118 Å². The van der Waals surface area contributed by atoms with Gasteiger partial charge in [0.2, 0.25) is 0 Å². The number of carbonyl (C=O) groups is 1. The lowest BCUT2D eigenvalue weighted by Crippen LogP contribution is -2.20. The molecule has 110 valence electrons. The van der Waals surface area contributed by atoms with Crippen LogP contribution in [0.2, 0.25) is 0 Å². The molecule has 1 saturated carbocycles.